The molecule has 0 aliphatic heterocycles. The lowest BCUT2D eigenvalue weighted by Crippen LogP contribution is -2.25. The van der Waals surface area contributed by atoms with E-state index >= 15 is 0 Å². The molecule has 1 aromatic heterocycles. The van der Waals surface area contributed by atoms with Crippen LogP contribution in [0.3, 0.4) is 0 Å². The highest BCUT2D eigenvalue weighted by molar-refractivity contribution is 5.92. The SMILES string of the molecule is CCCNC(=O)c1ccnc(NCc2ccc(F)cc2)n1. The van der Waals surface area contributed by atoms with Gasteiger partial charge in [-0.25, -0.2) is 14.4 Å². The fourth-order valence-electron chi connectivity index (χ4n) is 1.68. The molecule has 0 saturated heterocycles. The molecule has 0 aliphatic rings. The molecule has 0 bridgehead atoms. The standard InChI is InChI=1S/C15H17FN4O/c1-2-8-17-14(21)13-7-9-18-15(20-13)19-10-11-3-5-12(16)6-4-11/h3-7,9H,2,8,10H2,1H3,(H,17,21)(H,18,19,20). The topological polar surface area (TPSA) is 66.9 Å². The Bertz CT molecular complexity index is 601. The van der Waals surface area contributed by atoms with Gasteiger partial charge in [0.15, 0.2) is 0 Å². The number of benzene rings is 1. The first-order valence-corrected chi connectivity index (χ1v) is 6.78. The van der Waals surface area contributed by atoms with Crippen molar-refractivity contribution in [2.45, 2.75) is 19.9 Å². The second-order valence-corrected chi connectivity index (χ2v) is 4.50. The average Bonchev–Trinajstić information content (AvgIpc) is 2.52. The lowest BCUT2D eigenvalue weighted by atomic mass is 10.2. The minimum atomic E-state index is -0.274. The van der Waals surface area contributed by atoms with Gasteiger partial charge < -0.3 is 10.6 Å². The van der Waals surface area contributed by atoms with Crippen molar-refractivity contribution in [3.05, 3.63) is 53.6 Å². The fraction of sp³-hybridized carbons (Fsp3) is 0.267. The van der Waals surface area contributed by atoms with Crippen LogP contribution in [0.25, 0.3) is 0 Å². The van der Waals surface area contributed by atoms with E-state index in [0.717, 1.165) is 12.0 Å². The first-order valence-electron chi connectivity index (χ1n) is 6.78. The summed E-state index contributed by atoms with van der Waals surface area (Å²) in [6, 6.07) is 7.72. The summed E-state index contributed by atoms with van der Waals surface area (Å²) in [6.45, 7) is 3.05. The minimum Gasteiger partial charge on any atom is -0.351 e. The van der Waals surface area contributed by atoms with E-state index in [9.17, 15) is 9.18 Å². The van der Waals surface area contributed by atoms with Crippen LogP contribution in [0, 0.1) is 5.82 Å². The van der Waals surface area contributed by atoms with Crippen LogP contribution in [0.15, 0.2) is 36.5 Å². The number of amides is 1. The number of rotatable bonds is 6. The maximum absolute atomic E-state index is 12.8. The Morgan fingerprint density at radius 3 is 2.71 bits per heavy atom. The van der Waals surface area contributed by atoms with Gasteiger partial charge in [0.2, 0.25) is 5.95 Å². The fourth-order valence-corrected chi connectivity index (χ4v) is 1.68. The van der Waals surface area contributed by atoms with Crippen LogP contribution in [0.2, 0.25) is 0 Å². The van der Waals surface area contributed by atoms with Crippen LogP contribution in [-0.2, 0) is 6.54 Å². The summed E-state index contributed by atoms with van der Waals surface area (Å²) in [5.41, 5.74) is 1.22. The molecular formula is C15H17FN4O. The number of carbonyl (C=O) groups excluding carboxylic acids is 1. The molecule has 2 aromatic rings. The van der Waals surface area contributed by atoms with Gasteiger partial charge in [-0.1, -0.05) is 19.1 Å². The van der Waals surface area contributed by atoms with E-state index in [1.165, 1.54) is 18.3 Å². The average molecular weight is 288 g/mol. The highest BCUT2D eigenvalue weighted by Gasteiger charge is 2.07. The molecule has 1 amide bonds. The Morgan fingerprint density at radius 1 is 1.24 bits per heavy atom. The molecule has 0 unspecified atom stereocenters. The normalized spacial score (nSPS) is 10.2. The van der Waals surface area contributed by atoms with Gasteiger partial charge in [-0.05, 0) is 30.2 Å². The molecule has 0 aliphatic carbocycles. The third-order valence-corrected chi connectivity index (χ3v) is 2.79. The Kier molecular flexibility index (Phi) is 5.20. The zero-order valence-corrected chi connectivity index (χ0v) is 11.8. The second-order valence-electron chi connectivity index (χ2n) is 4.50. The number of carbonyl (C=O) groups is 1. The summed E-state index contributed by atoms with van der Waals surface area (Å²) in [4.78, 5) is 20.0. The van der Waals surface area contributed by atoms with E-state index in [2.05, 4.69) is 20.6 Å². The smallest absolute Gasteiger partial charge is 0.270 e. The van der Waals surface area contributed by atoms with Gasteiger partial charge in [0.1, 0.15) is 11.5 Å². The maximum Gasteiger partial charge on any atom is 0.270 e. The third kappa shape index (κ3) is 4.52. The molecule has 110 valence electrons. The first kappa shape index (κ1) is 14.9. The zero-order valence-electron chi connectivity index (χ0n) is 11.8. The van der Waals surface area contributed by atoms with E-state index in [4.69, 9.17) is 0 Å². The Balaban J connectivity index is 1.97. The maximum atomic E-state index is 12.8. The van der Waals surface area contributed by atoms with Crippen molar-refractivity contribution in [1.82, 2.24) is 15.3 Å². The molecule has 5 nitrogen and oxygen atoms in total. The van der Waals surface area contributed by atoms with Crippen molar-refractivity contribution in [2.75, 3.05) is 11.9 Å². The molecule has 0 saturated carbocycles. The third-order valence-electron chi connectivity index (χ3n) is 2.79. The number of nitrogens with one attached hydrogen (secondary N) is 2. The molecule has 2 N–H and O–H groups in total. The van der Waals surface area contributed by atoms with Crippen molar-refractivity contribution < 1.29 is 9.18 Å². The summed E-state index contributed by atoms with van der Waals surface area (Å²) in [5, 5.41) is 5.76. The van der Waals surface area contributed by atoms with Crippen LogP contribution >= 0.6 is 0 Å². The Morgan fingerprint density at radius 2 is 2.00 bits per heavy atom. The summed E-state index contributed by atoms with van der Waals surface area (Å²) >= 11 is 0. The summed E-state index contributed by atoms with van der Waals surface area (Å²) in [5.74, 6) is -0.128. The van der Waals surface area contributed by atoms with Gasteiger partial charge in [0, 0.05) is 19.3 Å². The molecule has 0 atom stereocenters. The molecular weight excluding hydrogens is 271 g/mol. The molecule has 0 spiro atoms. The van der Waals surface area contributed by atoms with E-state index in [0.29, 0.717) is 24.7 Å². The Hall–Kier alpha value is -2.50. The van der Waals surface area contributed by atoms with Crippen molar-refractivity contribution in [3.8, 4) is 0 Å². The number of aromatic nitrogens is 2. The molecule has 1 heterocycles. The van der Waals surface area contributed by atoms with E-state index in [1.807, 2.05) is 6.92 Å². The van der Waals surface area contributed by atoms with E-state index in [-0.39, 0.29) is 11.7 Å². The van der Waals surface area contributed by atoms with Gasteiger partial charge in [0.25, 0.3) is 5.91 Å². The monoisotopic (exact) mass is 288 g/mol. The number of halogens is 1. The summed E-state index contributed by atoms with van der Waals surface area (Å²) in [6.07, 6.45) is 2.40. The van der Waals surface area contributed by atoms with Gasteiger partial charge >= 0.3 is 0 Å². The molecule has 1 aromatic carbocycles. The number of hydrogen-bond donors (Lipinski definition) is 2. The van der Waals surface area contributed by atoms with Gasteiger partial charge in [0.05, 0.1) is 0 Å². The van der Waals surface area contributed by atoms with Crippen LogP contribution in [-0.4, -0.2) is 22.4 Å². The van der Waals surface area contributed by atoms with Gasteiger partial charge in [-0.15, -0.1) is 0 Å². The van der Waals surface area contributed by atoms with Crippen molar-refractivity contribution in [3.63, 3.8) is 0 Å². The van der Waals surface area contributed by atoms with Crippen molar-refractivity contribution in [2.24, 2.45) is 0 Å². The molecule has 0 fully saturated rings. The van der Waals surface area contributed by atoms with Gasteiger partial charge in [-0.2, -0.15) is 0 Å². The van der Waals surface area contributed by atoms with E-state index in [1.54, 1.807) is 18.2 Å². The Labute approximate surface area is 122 Å². The first-order chi connectivity index (χ1) is 10.2. The van der Waals surface area contributed by atoms with Crippen molar-refractivity contribution in [1.29, 1.82) is 0 Å². The predicted octanol–water partition coefficient (Wildman–Crippen LogP) is 2.37. The van der Waals surface area contributed by atoms with Gasteiger partial charge in [-0.3, -0.25) is 4.79 Å². The largest absolute Gasteiger partial charge is 0.351 e. The molecule has 0 radical (unpaired) electrons. The summed E-state index contributed by atoms with van der Waals surface area (Å²) in [7, 11) is 0. The van der Waals surface area contributed by atoms with Crippen LogP contribution in [0.1, 0.15) is 29.4 Å². The highest BCUT2D eigenvalue weighted by Crippen LogP contribution is 2.06. The molecule has 6 heteroatoms. The molecule has 21 heavy (non-hydrogen) atoms. The minimum absolute atomic E-state index is 0.218. The van der Waals surface area contributed by atoms with Crippen LogP contribution < -0.4 is 10.6 Å². The number of nitrogens with zero attached hydrogens (tertiary/aromatic N) is 2. The van der Waals surface area contributed by atoms with Crippen LogP contribution in [0.5, 0.6) is 0 Å². The van der Waals surface area contributed by atoms with Crippen LogP contribution in [0.4, 0.5) is 10.3 Å². The molecule has 2 rings (SSSR count). The lowest BCUT2D eigenvalue weighted by molar-refractivity contribution is 0.0948. The lowest BCUT2D eigenvalue weighted by Gasteiger charge is -2.07. The van der Waals surface area contributed by atoms with Crippen molar-refractivity contribution >= 4 is 11.9 Å². The second kappa shape index (κ2) is 7.33. The highest BCUT2D eigenvalue weighted by atomic mass is 19.1. The number of anilines is 1. The number of hydrogen-bond acceptors (Lipinski definition) is 4. The quantitative estimate of drug-likeness (QED) is 0.856. The summed E-state index contributed by atoms with van der Waals surface area (Å²) < 4.78 is 12.8. The predicted molar refractivity (Wildman–Crippen MR) is 78.4 cm³/mol. The zero-order chi connectivity index (χ0) is 15.1. The van der Waals surface area contributed by atoms with E-state index < -0.39 is 0 Å².